The van der Waals surface area contributed by atoms with Gasteiger partial charge in [0, 0.05) is 24.0 Å². The van der Waals surface area contributed by atoms with Crippen LogP contribution >= 0.6 is 23.2 Å². The topological polar surface area (TPSA) is 94.3 Å². The lowest BCUT2D eigenvalue weighted by atomic mass is 9.99. The number of carbonyl (C=O) groups excluding carboxylic acids is 3. The van der Waals surface area contributed by atoms with Gasteiger partial charge in [-0.15, -0.1) is 6.42 Å². The van der Waals surface area contributed by atoms with Crippen molar-refractivity contribution in [2.45, 2.75) is 51.4 Å². The molecule has 4 rings (SSSR count). The van der Waals surface area contributed by atoms with Crippen LogP contribution in [0.4, 0.5) is 10.1 Å². The number of anilines is 1. The Morgan fingerprint density at radius 2 is 1.95 bits per heavy atom. The number of nitrogens with zero attached hydrogens (tertiary/aromatic N) is 1. The molecule has 3 amide bonds. The molecule has 0 saturated carbocycles. The molecule has 0 spiro atoms. The van der Waals surface area contributed by atoms with E-state index in [9.17, 15) is 18.8 Å². The maximum absolute atomic E-state index is 14.8. The smallest absolute Gasteiger partial charge is 0.268 e. The number of aryl methyl sites for hydroxylation is 1. The van der Waals surface area contributed by atoms with E-state index in [2.05, 4.69) is 21.5 Å². The van der Waals surface area contributed by atoms with Crippen molar-refractivity contribution in [3.05, 3.63) is 63.8 Å². The van der Waals surface area contributed by atoms with Gasteiger partial charge in [0.15, 0.2) is 0 Å². The van der Waals surface area contributed by atoms with Crippen LogP contribution in [0.1, 0.15) is 42.7 Å². The van der Waals surface area contributed by atoms with Crippen LogP contribution in [0.5, 0.6) is 0 Å². The van der Waals surface area contributed by atoms with E-state index in [4.69, 9.17) is 29.6 Å². The van der Waals surface area contributed by atoms with Gasteiger partial charge in [0.25, 0.3) is 5.91 Å². The molecule has 1 aromatic heterocycles. The number of aromatic nitrogens is 1. The molecular formula is C29H29Cl2FN4O3. The number of alkyl halides is 1. The minimum atomic E-state index is -1.78. The summed E-state index contributed by atoms with van der Waals surface area (Å²) in [6.07, 6.45) is 5.68. The van der Waals surface area contributed by atoms with Crippen molar-refractivity contribution in [3.8, 4) is 12.3 Å². The quantitative estimate of drug-likeness (QED) is 0.327. The fourth-order valence-corrected chi connectivity index (χ4v) is 5.14. The number of para-hydroxylation sites is 1. The van der Waals surface area contributed by atoms with E-state index in [1.165, 1.54) is 18.7 Å². The molecule has 7 nitrogen and oxygen atoms in total. The summed E-state index contributed by atoms with van der Waals surface area (Å²) in [5.74, 6) is 0.569. The summed E-state index contributed by atoms with van der Waals surface area (Å²) in [5.41, 5.74) is 0.400. The van der Waals surface area contributed by atoms with Gasteiger partial charge in [-0.3, -0.25) is 14.4 Å². The third-order valence-electron chi connectivity index (χ3n) is 6.77. The fraction of sp³-hybridized carbons (Fsp3) is 0.345. The number of aromatic amines is 1. The summed E-state index contributed by atoms with van der Waals surface area (Å²) in [7, 11) is 0. The number of carbonyl (C=O) groups is 3. The van der Waals surface area contributed by atoms with Crippen molar-refractivity contribution in [2.75, 3.05) is 11.9 Å². The highest BCUT2D eigenvalue weighted by atomic mass is 35.5. The van der Waals surface area contributed by atoms with E-state index >= 15 is 0 Å². The highest BCUT2D eigenvalue weighted by Gasteiger charge is 2.42. The number of H-pyrrole nitrogens is 1. The Morgan fingerprint density at radius 3 is 2.62 bits per heavy atom. The number of likely N-dealkylation sites (tertiary alicyclic amines) is 1. The van der Waals surface area contributed by atoms with Crippen molar-refractivity contribution in [1.82, 2.24) is 15.2 Å². The number of halogens is 3. The first-order valence-electron chi connectivity index (χ1n) is 12.5. The summed E-state index contributed by atoms with van der Waals surface area (Å²) >= 11 is 12.3. The van der Waals surface area contributed by atoms with Crippen molar-refractivity contribution >= 4 is 57.5 Å². The maximum Gasteiger partial charge on any atom is 0.268 e. The Hall–Kier alpha value is -3.54. The van der Waals surface area contributed by atoms with Crippen LogP contribution < -0.4 is 10.6 Å². The third kappa shape index (κ3) is 6.38. The average molecular weight is 571 g/mol. The molecule has 39 heavy (non-hydrogen) atoms. The molecule has 1 aliphatic heterocycles. The molecule has 0 bridgehead atoms. The minimum absolute atomic E-state index is 0.0466. The second-order valence-corrected chi connectivity index (χ2v) is 11.2. The molecule has 3 N–H and O–H groups in total. The molecule has 2 heterocycles. The minimum Gasteiger partial charge on any atom is -0.349 e. The fourth-order valence-electron chi connectivity index (χ4n) is 4.76. The predicted molar refractivity (Wildman–Crippen MR) is 152 cm³/mol. The molecule has 0 aliphatic carbocycles. The van der Waals surface area contributed by atoms with Crippen LogP contribution in [0.3, 0.4) is 0 Å². The number of rotatable bonds is 7. The largest absolute Gasteiger partial charge is 0.349 e. The van der Waals surface area contributed by atoms with Gasteiger partial charge in [-0.25, -0.2) is 4.39 Å². The number of hydrogen-bond acceptors (Lipinski definition) is 3. The molecule has 3 aromatic rings. The molecule has 3 atom stereocenters. The lowest BCUT2D eigenvalue weighted by molar-refractivity contribution is -0.134. The molecule has 0 radical (unpaired) electrons. The Balaban J connectivity index is 1.53. The molecule has 204 valence electrons. The number of nitrogens with one attached hydrogen (secondary N) is 3. The van der Waals surface area contributed by atoms with Crippen LogP contribution in [0.15, 0.2) is 42.5 Å². The van der Waals surface area contributed by atoms with Crippen LogP contribution in [-0.4, -0.2) is 51.9 Å². The van der Waals surface area contributed by atoms with E-state index in [0.717, 1.165) is 5.56 Å². The van der Waals surface area contributed by atoms with Crippen LogP contribution in [0, 0.1) is 25.2 Å². The van der Waals surface area contributed by atoms with Crippen LogP contribution in [0.25, 0.3) is 10.9 Å². The molecule has 2 aromatic carbocycles. The Morgan fingerprint density at radius 1 is 1.23 bits per heavy atom. The molecule has 1 aliphatic rings. The highest BCUT2D eigenvalue weighted by molar-refractivity contribution is 6.45. The molecule has 0 unspecified atom stereocenters. The normalized spacial score (nSPS) is 18.0. The second kappa shape index (κ2) is 11.3. The van der Waals surface area contributed by atoms with Gasteiger partial charge in [0.1, 0.15) is 17.4 Å². The van der Waals surface area contributed by atoms with Gasteiger partial charge in [0.05, 0.1) is 27.5 Å². The van der Waals surface area contributed by atoms with Crippen molar-refractivity contribution in [1.29, 1.82) is 0 Å². The second-order valence-electron chi connectivity index (χ2n) is 10.4. The first kappa shape index (κ1) is 28.5. The summed E-state index contributed by atoms with van der Waals surface area (Å²) in [6.45, 7) is 4.58. The monoisotopic (exact) mass is 570 g/mol. The van der Waals surface area contributed by atoms with Gasteiger partial charge < -0.3 is 20.5 Å². The van der Waals surface area contributed by atoms with E-state index in [1.54, 1.807) is 24.3 Å². The Bertz CT molecular complexity index is 1470. The first-order chi connectivity index (χ1) is 18.4. The summed E-state index contributed by atoms with van der Waals surface area (Å²) < 4.78 is 14.8. The number of terminal acetylenes is 1. The van der Waals surface area contributed by atoms with Crippen LogP contribution in [0.2, 0.25) is 10.0 Å². The molecule has 1 fully saturated rings. The van der Waals surface area contributed by atoms with Gasteiger partial charge in [-0.1, -0.05) is 53.4 Å². The summed E-state index contributed by atoms with van der Waals surface area (Å²) in [6, 6.07) is 10.3. The van der Waals surface area contributed by atoms with E-state index < -0.39 is 35.5 Å². The van der Waals surface area contributed by atoms with Crippen LogP contribution in [-0.2, 0) is 9.59 Å². The average Bonchev–Trinajstić information content (AvgIpc) is 3.51. The van der Waals surface area contributed by atoms with Gasteiger partial charge >= 0.3 is 0 Å². The van der Waals surface area contributed by atoms with Gasteiger partial charge in [-0.05, 0) is 51.0 Å². The van der Waals surface area contributed by atoms with E-state index in [0.29, 0.717) is 21.6 Å². The Labute approximate surface area is 236 Å². The third-order valence-corrected chi connectivity index (χ3v) is 7.58. The number of hydrogen-bond donors (Lipinski definition) is 3. The lowest BCUT2D eigenvalue weighted by Gasteiger charge is -2.29. The molecular weight excluding hydrogens is 542 g/mol. The number of amides is 3. The summed E-state index contributed by atoms with van der Waals surface area (Å²) in [4.78, 5) is 44.2. The van der Waals surface area contributed by atoms with E-state index in [1.807, 2.05) is 25.1 Å². The zero-order valence-corrected chi connectivity index (χ0v) is 23.3. The Kier molecular flexibility index (Phi) is 8.24. The van der Waals surface area contributed by atoms with Gasteiger partial charge in [0.2, 0.25) is 11.8 Å². The maximum atomic E-state index is 14.8. The SMILES string of the molecule is C#C[C@@H]1C[C@H](C(=O)Nc2ccccc2C)CN1C(=O)[C@H](CC(C)(C)F)NC(=O)c1cc2ccc(Cl)c(Cl)c2[nH]1. The lowest BCUT2D eigenvalue weighted by Crippen LogP contribution is -2.52. The predicted octanol–water partition coefficient (Wildman–Crippen LogP) is 5.51. The zero-order chi connectivity index (χ0) is 28.5. The van der Waals surface area contributed by atoms with Gasteiger partial charge in [-0.2, -0.15) is 0 Å². The number of fused-ring (bicyclic) bond motifs is 1. The van der Waals surface area contributed by atoms with Crippen molar-refractivity contribution in [2.24, 2.45) is 5.92 Å². The van der Waals surface area contributed by atoms with Crippen molar-refractivity contribution in [3.63, 3.8) is 0 Å². The van der Waals surface area contributed by atoms with E-state index in [-0.39, 0.29) is 36.0 Å². The van der Waals surface area contributed by atoms with Crippen molar-refractivity contribution < 1.29 is 18.8 Å². The number of benzene rings is 2. The first-order valence-corrected chi connectivity index (χ1v) is 13.2. The summed E-state index contributed by atoms with van der Waals surface area (Å²) in [5, 5.41) is 6.78. The highest BCUT2D eigenvalue weighted by Crippen LogP contribution is 2.31. The molecule has 1 saturated heterocycles. The molecule has 10 heteroatoms. The zero-order valence-electron chi connectivity index (χ0n) is 21.8. The standard InChI is InChI=1S/C29H29Cl2FN4O3/c1-5-19-12-18(26(37)34-21-9-7-6-8-16(21)2)15-36(19)28(39)23(14-29(3,4)32)35-27(38)22-13-17-10-11-20(30)24(31)25(17)33-22/h1,6-11,13,18-19,23,33H,12,14-15H2,2-4H3,(H,34,37)(H,35,38)/t18-,19+,23-/m0/s1.